The molecule has 23 heavy (non-hydrogen) atoms. The number of aliphatic hydroxyl groups excluding tert-OH is 1. The van der Waals surface area contributed by atoms with Crippen molar-refractivity contribution in [3.8, 4) is 0 Å². The second-order valence-electron chi connectivity index (χ2n) is 6.77. The number of nitrogens with two attached hydrogens (primary N) is 1. The van der Waals surface area contributed by atoms with Crippen molar-refractivity contribution in [1.82, 2.24) is 0 Å². The third-order valence-corrected chi connectivity index (χ3v) is 4.73. The molecule has 0 radical (unpaired) electrons. The van der Waals surface area contributed by atoms with E-state index in [1.54, 1.807) is 0 Å². The predicted molar refractivity (Wildman–Crippen MR) is 91.9 cm³/mol. The van der Waals surface area contributed by atoms with Crippen LogP contribution in [0, 0.1) is 12.8 Å². The summed E-state index contributed by atoms with van der Waals surface area (Å²) in [6, 6.07) is 18.2. The Labute approximate surface area is 138 Å². The number of hydrogen-bond donors (Lipinski definition) is 2. The summed E-state index contributed by atoms with van der Waals surface area (Å²) in [7, 11) is 0. The second-order valence-corrected chi connectivity index (χ2v) is 6.77. The van der Waals surface area contributed by atoms with Crippen LogP contribution in [0.15, 0.2) is 54.6 Å². The molecular weight excluding hydrogens is 286 g/mol. The summed E-state index contributed by atoms with van der Waals surface area (Å²) in [5.41, 5.74) is 9.42. The van der Waals surface area contributed by atoms with Crippen LogP contribution in [0.5, 0.6) is 0 Å². The molecule has 3 nitrogen and oxygen atoms in total. The maximum atomic E-state index is 10.4. The number of hydrogen-bond acceptors (Lipinski definition) is 3. The summed E-state index contributed by atoms with van der Waals surface area (Å²) in [6.45, 7) is 3.19. The Bertz CT molecular complexity index is 626. The molecule has 2 aromatic rings. The zero-order valence-electron chi connectivity index (χ0n) is 13.6. The van der Waals surface area contributed by atoms with Crippen molar-refractivity contribution >= 4 is 0 Å². The molecule has 3 rings (SSSR count). The lowest BCUT2D eigenvalue weighted by Crippen LogP contribution is -2.31. The largest absolute Gasteiger partial charge is 0.388 e. The lowest BCUT2D eigenvalue weighted by atomic mass is 10.0. The normalized spacial score (nSPS) is 24.4. The minimum absolute atomic E-state index is 0.277. The highest BCUT2D eigenvalue weighted by Crippen LogP contribution is 2.46. The molecule has 1 unspecified atom stereocenters. The summed E-state index contributed by atoms with van der Waals surface area (Å²) < 4.78 is 5.77. The van der Waals surface area contributed by atoms with Crippen LogP contribution >= 0.6 is 0 Å². The Kier molecular flexibility index (Phi) is 4.81. The first kappa shape index (κ1) is 16.2. The monoisotopic (exact) mass is 311 g/mol. The molecule has 3 N–H and O–H groups in total. The summed E-state index contributed by atoms with van der Waals surface area (Å²) in [6.07, 6.45) is 1.18. The molecule has 1 fully saturated rings. The predicted octanol–water partition coefficient (Wildman–Crippen LogP) is 3.35. The van der Waals surface area contributed by atoms with Crippen LogP contribution in [0.3, 0.4) is 0 Å². The summed E-state index contributed by atoms with van der Waals surface area (Å²) in [4.78, 5) is 0. The number of rotatable bonds is 7. The zero-order valence-corrected chi connectivity index (χ0v) is 13.6. The minimum Gasteiger partial charge on any atom is -0.388 e. The fourth-order valence-electron chi connectivity index (χ4n) is 3.02. The maximum absolute atomic E-state index is 10.4. The van der Waals surface area contributed by atoms with E-state index in [1.165, 1.54) is 5.56 Å². The molecule has 0 spiro atoms. The van der Waals surface area contributed by atoms with E-state index in [0.29, 0.717) is 25.6 Å². The fourth-order valence-corrected chi connectivity index (χ4v) is 3.02. The smallest absolute Gasteiger partial charge is 0.0793 e. The Hall–Kier alpha value is -1.68. The van der Waals surface area contributed by atoms with Gasteiger partial charge in [0.15, 0.2) is 0 Å². The van der Waals surface area contributed by atoms with Crippen molar-refractivity contribution in [2.24, 2.45) is 11.7 Å². The lowest BCUT2D eigenvalue weighted by Gasteiger charge is -2.15. The van der Waals surface area contributed by atoms with Gasteiger partial charge in [-0.15, -0.1) is 0 Å². The van der Waals surface area contributed by atoms with Crippen molar-refractivity contribution in [1.29, 1.82) is 0 Å². The van der Waals surface area contributed by atoms with E-state index in [0.717, 1.165) is 17.5 Å². The number of ether oxygens (including phenoxy) is 1. The van der Waals surface area contributed by atoms with Gasteiger partial charge in [0, 0.05) is 5.54 Å². The highest BCUT2D eigenvalue weighted by Gasteiger charge is 2.51. The molecule has 0 aromatic heterocycles. The zero-order chi connectivity index (χ0) is 16.3. The molecule has 1 aliphatic rings. The van der Waals surface area contributed by atoms with Crippen molar-refractivity contribution in [3.05, 3.63) is 71.3 Å². The van der Waals surface area contributed by atoms with Crippen molar-refractivity contribution in [2.45, 2.75) is 38.0 Å². The summed E-state index contributed by atoms with van der Waals surface area (Å²) >= 11 is 0. The Morgan fingerprint density at radius 3 is 2.57 bits per heavy atom. The van der Waals surface area contributed by atoms with Crippen molar-refractivity contribution in [2.75, 3.05) is 6.61 Å². The standard InChI is InChI=1S/C20H25NO2/c1-15-7-9-17(10-8-15)19(22)11-18-12-20(18,21)14-23-13-16-5-3-2-4-6-16/h2-10,18-19,22H,11-14,21H2,1H3/t18-,19?,20-/m1/s1. The average molecular weight is 311 g/mol. The molecule has 0 saturated heterocycles. The number of benzene rings is 2. The van der Waals surface area contributed by atoms with E-state index in [9.17, 15) is 5.11 Å². The molecule has 0 bridgehead atoms. The van der Waals surface area contributed by atoms with Gasteiger partial charge in [-0.2, -0.15) is 0 Å². The van der Waals surface area contributed by atoms with Gasteiger partial charge in [0.25, 0.3) is 0 Å². The Morgan fingerprint density at radius 1 is 1.17 bits per heavy atom. The fraction of sp³-hybridized carbons (Fsp3) is 0.400. The van der Waals surface area contributed by atoms with Gasteiger partial charge in [0.05, 0.1) is 19.3 Å². The number of aryl methyl sites for hydroxylation is 1. The molecule has 3 atom stereocenters. The number of aliphatic hydroxyl groups is 1. The first-order valence-electron chi connectivity index (χ1n) is 8.22. The van der Waals surface area contributed by atoms with Gasteiger partial charge in [0.1, 0.15) is 0 Å². The second kappa shape index (κ2) is 6.83. The minimum atomic E-state index is -0.444. The van der Waals surface area contributed by atoms with Crippen LogP contribution < -0.4 is 5.73 Å². The molecular formula is C20H25NO2. The van der Waals surface area contributed by atoms with Crippen LogP contribution in [-0.4, -0.2) is 17.3 Å². The topological polar surface area (TPSA) is 55.5 Å². The Balaban J connectivity index is 1.45. The van der Waals surface area contributed by atoms with Crippen molar-refractivity contribution in [3.63, 3.8) is 0 Å². The maximum Gasteiger partial charge on any atom is 0.0793 e. The van der Waals surface area contributed by atoms with E-state index in [4.69, 9.17) is 10.5 Å². The van der Waals surface area contributed by atoms with Crippen LogP contribution in [0.4, 0.5) is 0 Å². The molecule has 2 aromatic carbocycles. The molecule has 1 aliphatic carbocycles. The van der Waals surface area contributed by atoms with Crippen LogP contribution in [0.25, 0.3) is 0 Å². The molecule has 0 heterocycles. The van der Waals surface area contributed by atoms with Gasteiger partial charge < -0.3 is 15.6 Å². The highest BCUT2D eigenvalue weighted by atomic mass is 16.5. The van der Waals surface area contributed by atoms with Crippen LogP contribution in [0.2, 0.25) is 0 Å². The van der Waals surface area contributed by atoms with Gasteiger partial charge in [0.2, 0.25) is 0 Å². The Morgan fingerprint density at radius 2 is 1.87 bits per heavy atom. The molecule has 0 amide bonds. The van der Waals surface area contributed by atoms with Gasteiger partial charge >= 0.3 is 0 Å². The average Bonchev–Trinajstić information content (AvgIpc) is 3.18. The van der Waals surface area contributed by atoms with E-state index >= 15 is 0 Å². The third-order valence-electron chi connectivity index (χ3n) is 4.73. The van der Waals surface area contributed by atoms with E-state index in [2.05, 4.69) is 12.1 Å². The molecule has 122 valence electrons. The van der Waals surface area contributed by atoms with Gasteiger partial charge in [-0.3, -0.25) is 0 Å². The third kappa shape index (κ3) is 4.20. The quantitative estimate of drug-likeness (QED) is 0.824. The van der Waals surface area contributed by atoms with Crippen LogP contribution in [0.1, 0.15) is 35.6 Å². The SMILES string of the molecule is Cc1ccc(C(O)C[C@@H]2C[C@@]2(N)COCc2ccccc2)cc1. The molecule has 0 aliphatic heterocycles. The lowest BCUT2D eigenvalue weighted by molar-refractivity contribution is 0.0920. The first-order chi connectivity index (χ1) is 11.1. The molecule has 3 heteroatoms. The first-order valence-corrected chi connectivity index (χ1v) is 8.22. The summed E-state index contributed by atoms with van der Waals surface area (Å²) in [5.74, 6) is 0.328. The van der Waals surface area contributed by atoms with Crippen molar-refractivity contribution < 1.29 is 9.84 Å². The van der Waals surface area contributed by atoms with Gasteiger partial charge in [-0.1, -0.05) is 60.2 Å². The van der Waals surface area contributed by atoms with E-state index < -0.39 is 6.10 Å². The van der Waals surface area contributed by atoms with Crippen LogP contribution in [-0.2, 0) is 11.3 Å². The highest BCUT2D eigenvalue weighted by molar-refractivity contribution is 5.24. The van der Waals surface area contributed by atoms with E-state index in [-0.39, 0.29) is 5.54 Å². The van der Waals surface area contributed by atoms with Gasteiger partial charge in [-0.05, 0) is 36.8 Å². The van der Waals surface area contributed by atoms with E-state index in [1.807, 2.05) is 49.4 Å². The molecule has 1 saturated carbocycles. The van der Waals surface area contributed by atoms with Gasteiger partial charge in [-0.25, -0.2) is 0 Å². The summed E-state index contributed by atoms with van der Waals surface area (Å²) in [5, 5.41) is 10.4.